The molecule has 0 aromatic heterocycles. The number of alkyl halides is 3. The number of hydrogen-bond donors (Lipinski definition) is 0. The van der Waals surface area contributed by atoms with Crippen LogP contribution in [0.15, 0.2) is 0 Å². The molecule has 0 amide bonds. The molecule has 0 aromatic rings. The van der Waals surface area contributed by atoms with Gasteiger partial charge in [0.25, 0.3) is 10.1 Å². The normalized spacial score (nSPS) is 28.9. The highest BCUT2D eigenvalue weighted by Crippen LogP contribution is 2.51. The van der Waals surface area contributed by atoms with Gasteiger partial charge in [0.2, 0.25) is 0 Å². The Hall–Kier alpha value is 0.450. The van der Waals surface area contributed by atoms with Crippen LogP contribution in [0.4, 0.5) is 0 Å². The second kappa shape index (κ2) is 4.53. The van der Waals surface area contributed by atoms with Crippen LogP contribution in [0.1, 0.15) is 20.3 Å². The molecule has 1 aliphatic carbocycles. The van der Waals surface area contributed by atoms with E-state index in [0.717, 1.165) is 6.26 Å². The Morgan fingerprint density at radius 2 is 1.82 bits per heavy atom. The van der Waals surface area contributed by atoms with Gasteiger partial charge in [-0.1, -0.05) is 48.7 Å². The SMILES string of the molecule is CC1(C)[C@H](OS(C)(=O)=O)C(=O)[C@@H]1CC(Cl)(Cl)Cl. The summed E-state index contributed by atoms with van der Waals surface area (Å²) >= 11 is 16.9. The van der Waals surface area contributed by atoms with E-state index in [1.807, 2.05) is 0 Å². The third kappa shape index (κ3) is 3.70. The molecule has 1 rings (SSSR count). The lowest BCUT2D eigenvalue weighted by atomic mass is 9.58. The molecule has 8 heteroatoms. The molecule has 0 spiro atoms. The fourth-order valence-electron chi connectivity index (χ4n) is 1.94. The van der Waals surface area contributed by atoms with Gasteiger partial charge in [0.05, 0.1) is 6.26 Å². The molecule has 1 aliphatic rings. The predicted octanol–water partition coefficient (Wildman–Crippen LogP) is 2.32. The van der Waals surface area contributed by atoms with Crippen LogP contribution >= 0.6 is 34.8 Å². The summed E-state index contributed by atoms with van der Waals surface area (Å²) < 4.78 is 25.2. The van der Waals surface area contributed by atoms with Crippen molar-refractivity contribution in [1.29, 1.82) is 0 Å². The maximum atomic E-state index is 11.8. The molecule has 4 nitrogen and oxygen atoms in total. The standard InChI is InChI=1S/C9H13Cl3O4S/c1-8(2)5(4-9(10,11)12)6(13)7(8)16-17(3,14)15/h5,7H,4H2,1-3H3/t5-,7+/m0/s1. The van der Waals surface area contributed by atoms with Gasteiger partial charge in [0, 0.05) is 17.8 Å². The van der Waals surface area contributed by atoms with Crippen LogP contribution in [-0.2, 0) is 19.1 Å². The lowest BCUT2D eigenvalue weighted by Gasteiger charge is -2.49. The van der Waals surface area contributed by atoms with Crippen molar-refractivity contribution in [3.05, 3.63) is 0 Å². The predicted molar refractivity (Wildman–Crippen MR) is 66.9 cm³/mol. The summed E-state index contributed by atoms with van der Waals surface area (Å²) in [4.78, 5) is 11.8. The zero-order valence-corrected chi connectivity index (χ0v) is 12.6. The van der Waals surface area contributed by atoms with E-state index in [1.54, 1.807) is 13.8 Å². The van der Waals surface area contributed by atoms with Gasteiger partial charge < -0.3 is 0 Å². The number of halogens is 3. The largest absolute Gasteiger partial charge is 0.296 e. The highest BCUT2D eigenvalue weighted by atomic mass is 35.6. The first-order valence-electron chi connectivity index (χ1n) is 4.83. The highest BCUT2D eigenvalue weighted by molar-refractivity contribution is 7.86. The van der Waals surface area contributed by atoms with Crippen LogP contribution in [-0.4, -0.2) is 30.4 Å². The Labute approximate surface area is 116 Å². The van der Waals surface area contributed by atoms with Crippen molar-refractivity contribution in [3.8, 4) is 0 Å². The molecule has 0 aromatic carbocycles. The summed E-state index contributed by atoms with van der Waals surface area (Å²) in [6, 6.07) is 0. The number of carbonyl (C=O) groups is 1. The van der Waals surface area contributed by atoms with Gasteiger partial charge >= 0.3 is 0 Å². The van der Waals surface area contributed by atoms with Gasteiger partial charge in [0.15, 0.2) is 9.58 Å². The Morgan fingerprint density at radius 1 is 1.35 bits per heavy atom. The molecule has 0 heterocycles. The van der Waals surface area contributed by atoms with Crippen LogP contribution in [0.25, 0.3) is 0 Å². The zero-order chi connectivity index (χ0) is 13.6. The van der Waals surface area contributed by atoms with Crippen LogP contribution in [0.2, 0.25) is 0 Å². The number of hydrogen-bond acceptors (Lipinski definition) is 4. The van der Waals surface area contributed by atoms with Crippen molar-refractivity contribution in [2.45, 2.75) is 30.2 Å². The summed E-state index contributed by atoms with van der Waals surface area (Å²) in [6.07, 6.45) is -0.0407. The molecule has 0 N–H and O–H groups in total. The molecular formula is C9H13Cl3O4S. The Morgan fingerprint density at radius 3 is 2.12 bits per heavy atom. The smallest absolute Gasteiger partial charge is 0.265 e. The number of Topliss-reactive ketones (excluding diaryl/α,β-unsaturated/α-hetero) is 1. The van der Waals surface area contributed by atoms with E-state index in [0.29, 0.717) is 0 Å². The van der Waals surface area contributed by atoms with E-state index >= 15 is 0 Å². The van der Waals surface area contributed by atoms with Gasteiger partial charge in [-0.2, -0.15) is 8.42 Å². The van der Waals surface area contributed by atoms with Crippen molar-refractivity contribution < 1.29 is 17.4 Å². The van der Waals surface area contributed by atoms with Gasteiger partial charge in [-0.25, -0.2) is 0 Å². The molecule has 1 fully saturated rings. The van der Waals surface area contributed by atoms with E-state index in [9.17, 15) is 13.2 Å². The minimum atomic E-state index is -3.68. The summed E-state index contributed by atoms with van der Waals surface area (Å²) in [5, 5.41) is 0. The topological polar surface area (TPSA) is 60.4 Å². The summed E-state index contributed by atoms with van der Waals surface area (Å²) in [6.45, 7) is 3.43. The van der Waals surface area contributed by atoms with Crippen molar-refractivity contribution in [2.75, 3.05) is 6.26 Å². The molecule has 0 saturated heterocycles. The van der Waals surface area contributed by atoms with Gasteiger partial charge in [-0.05, 0) is 0 Å². The van der Waals surface area contributed by atoms with Crippen molar-refractivity contribution in [1.82, 2.24) is 0 Å². The third-order valence-corrected chi connectivity index (χ3v) is 3.89. The summed E-state index contributed by atoms with van der Waals surface area (Å²) in [7, 11) is -3.68. The van der Waals surface area contributed by atoms with Crippen molar-refractivity contribution in [2.24, 2.45) is 11.3 Å². The maximum Gasteiger partial charge on any atom is 0.265 e. The van der Waals surface area contributed by atoms with Crippen LogP contribution in [0.3, 0.4) is 0 Å². The highest BCUT2D eigenvalue weighted by Gasteiger charge is 2.59. The summed E-state index contributed by atoms with van der Waals surface area (Å²) in [5.74, 6) is -0.853. The monoisotopic (exact) mass is 322 g/mol. The molecule has 17 heavy (non-hydrogen) atoms. The van der Waals surface area contributed by atoms with Crippen molar-refractivity contribution in [3.63, 3.8) is 0 Å². The number of rotatable bonds is 3. The second-order valence-corrected chi connectivity index (χ2v) is 8.89. The first-order valence-corrected chi connectivity index (χ1v) is 7.78. The average molecular weight is 324 g/mol. The van der Waals surface area contributed by atoms with Crippen LogP contribution < -0.4 is 0 Å². The molecule has 0 bridgehead atoms. The number of ketones is 1. The zero-order valence-electron chi connectivity index (χ0n) is 9.54. The van der Waals surface area contributed by atoms with Crippen molar-refractivity contribution >= 4 is 50.7 Å². The van der Waals surface area contributed by atoms with Gasteiger partial charge in [-0.3, -0.25) is 8.98 Å². The molecule has 0 radical (unpaired) electrons. The quantitative estimate of drug-likeness (QED) is 0.591. The Balaban J connectivity index is 2.81. The fourth-order valence-corrected chi connectivity index (χ4v) is 3.10. The minimum Gasteiger partial charge on any atom is -0.296 e. The first kappa shape index (κ1) is 15.5. The molecule has 100 valence electrons. The molecule has 1 saturated carbocycles. The van der Waals surface area contributed by atoms with E-state index in [-0.39, 0.29) is 12.2 Å². The molecule has 0 unspecified atom stereocenters. The molecule has 2 atom stereocenters. The Bertz CT molecular complexity index is 424. The lowest BCUT2D eigenvalue weighted by Crippen LogP contribution is -2.61. The molecular weight excluding hydrogens is 311 g/mol. The maximum absolute atomic E-state index is 11.8. The Kier molecular flexibility index (Phi) is 4.13. The van der Waals surface area contributed by atoms with E-state index in [4.69, 9.17) is 39.0 Å². The lowest BCUT2D eigenvalue weighted by molar-refractivity contribution is -0.161. The third-order valence-electron chi connectivity index (χ3n) is 2.88. The average Bonchev–Trinajstić information content (AvgIpc) is 2.07. The first-order chi connectivity index (χ1) is 7.34. The van der Waals surface area contributed by atoms with Gasteiger partial charge in [-0.15, -0.1) is 0 Å². The second-order valence-electron chi connectivity index (χ2n) is 4.78. The van der Waals surface area contributed by atoms with Crippen LogP contribution in [0, 0.1) is 11.3 Å². The number of carbonyl (C=O) groups excluding carboxylic acids is 1. The van der Waals surface area contributed by atoms with Gasteiger partial charge in [0.1, 0.15) is 6.10 Å². The minimum absolute atomic E-state index is 0.0487. The van der Waals surface area contributed by atoms with E-state index in [2.05, 4.69) is 0 Å². The molecule has 0 aliphatic heterocycles. The van der Waals surface area contributed by atoms with Crippen LogP contribution in [0.5, 0.6) is 0 Å². The van der Waals surface area contributed by atoms with E-state index in [1.165, 1.54) is 0 Å². The van der Waals surface area contributed by atoms with E-state index < -0.39 is 31.3 Å². The fraction of sp³-hybridized carbons (Fsp3) is 0.889. The summed E-state index contributed by atoms with van der Waals surface area (Å²) in [5.41, 5.74) is -0.663.